The van der Waals surface area contributed by atoms with E-state index in [4.69, 9.17) is 22.7 Å². The Labute approximate surface area is 126 Å². The summed E-state index contributed by atoms with van der Waals surface area (Å²) in [6, 6.07) is 3.85. The van der Waals surface area contributed by atoms with Gasteiger partial charge in [0.15, 0.2) is 5.82 Å². The van der Waals surface area contributed by atoms with Crippen LogP contribution in [-0.2, 0) is 6.54 Å². The zero-order valence-corrected chi connectivity index (χ0v) is 13.1. The number of hydrogen-bond acceptors (Lipinski definition) is 5. The molecule has 0 aromatic carbocycles. The Bertz CT molecular complexity index is 652. The molecule has 0 aliphatic carbocycles. The average molecular weight is 310 g/mol. The van der Waals surface area contributed by atoms with Crippen LogP contribution in [0, 0.1) is 19.3 Å². The lowest BCUT2D eigenvalue weighted by molar-refractivity contribution is 0.855. The zero-order valence-electron chi connectivity index (χ0n) is 11.6. The van der Waals surface area contributed by atoms with Gasteiger partial charge >= 0.3 is 0 Å². The van der Waals surface area contributed by atoms with E-state index in [2.05, 4.69) is 10.2 Å². The fourth-order valence-electron chi connectivity index (χ4n) is 1.93. The predicted octanol–water partition coefficient (Wildman–Crippen LogP) is 2.73. The first-order valence-corrected chi connectivity index (χ1v) is 7.23. The largest absolute Gasteiger partial charge is 0.384 e. The van der Waals surface area contributed by atoms with Crippen molar-refractivity contribution in [2.75, 3.05) is 11.9 Å². The lowest BCUT2D eigenvalue weighted by Gasteiger charge is -2.21. The van der Waals surface area contributed by atoms with Crippen LogP contribution in [0.2, 0.25) is 4.34 Å². The van der Waals surface area contributed by atoms with Gasteiger partial charge in [-0.25, -0.2) is 0 Å². The van der Waals surface area contributed by atoms with Crippen LogP contribution in [0.25, 0.3) is 0 Å². The van der Waals surface area contributed by atoms with Gasteiger partial charge in [-0.2, -0.15) is 5.10 Å². The number of anilines is 1. The number of nitrogens with two attached hydrogens (primary N) is 1. The third kappa shape index (κ3) is 2.91. The molecule has 0 amide bonds. The van der Waals surface area contributed by atoms with Gasteiger partial charge in [-0.3, -0.25) is 5.41 Å². The first-order valence-electron chi connectivity index (χ1n) is 6.03. The van der Waals surface area contributed by atoms with Crippen molar-refractivity contribution in [2.45, 2.75) is 20.4 Å². The van der Waals surface area contributed by atoms with Crippen molar-refractivity contribution in [2.24, 2.45) is 5.73 Å². The van der Waals surface area contributed by atoms with Crippen LogP contribution in [0.5, 0.6) is 0 Å². The minimum Gasteiger partial charge on any atom is -0.384 e. The van der Waals surface area contributed by atoms with Gasteiger partial charge in [0.25, 0.3) is 0 Å². The Morgan fingerprint density at radius 3 is 2.65 bits per heavy atom. The highest BCUT2D eigenvalue weighted by Gasteiger charge is 2.17. The summed E-state index contributed by atoms with van der Waals surface area (Å²) < 4.78 is 0.756. The molecular weight excluding hydrogens is 294 g/mol. The van der Waals surface area contributed by atoms with E-state index in [-0.39, 0.29) is 5.84 Å². The normalized spacial score (nSPS) is 10.6. The number of amidine groups is 1. The van der Waals surface area contributed by atoms with Gasteiger partial charge in [0, 0.05) is 11.9 Å². The standard InChI is InChI=1S/C13H16ClN5S/c1-7-8(2)17-18-13(11(7)12(15)16)19(3)6-9-4-5-10(14)20-9/h4-5H,6H2,1-3H3,(H3,15,16). The monoisotopic (exact) mass is 309 g/mol. The minimum absolute atomic E-state index is 0.00608. The van der Waals surface area contributed by atoms with Gasteiger partial charge in [-0.15, -0.1) is 16.4 Å². The van der Waals surface area contributed by atoms with E-state index in [1.807, 2.05) is 37.9 Å². The summed E-state index contributed by atoms with van der Waals surface area (Å²) in [7, 11) is 1.90. The molecule has 0 fully saturated rings. The summed E-state index contributed by atoms with van der Waals surface area (Å²) in [5.41, 5.74) is 8.00. The Morgan fingerprint density at radius 2 is 2.10 bits per heavy atom. The van der Waals surface area contributed by atoms with Crippen molar-refractivity contribution in [3.63, 3.8) is 0 Å². The molecule has 0 saturated carbocycles. The molecule has 0 aliphatic heterocycles. The first-order chi connectivity index (χ1) is 9.40. The number of nitrogen functional groups attached to an aromatic ring is 1. The lowest BCUT2D eigenvalue weighted by Crippen LogP contribution is -2.25. The smallest absolute Gasteiger partial charge is 0.162 e. The Kier molecular flexibility index (Phi) is 4.25. The highest BCUT2D eigenvalue weighted by Crippen LogP contribution is 2.26. The fraction of sp³-hybridized carbons (Fsp3) is 0.308. The summed E-state index contributed by atoms with van der Waals surface area (Å²) in [5, 5.41) is 16.1. The summed E-state index contributed by atoms with van der Waals surface area (Å²) in [5.74, 6) is 0.622. The molecule has 3 N–H and O–H groups in total. The molecule has 7 heteroatoms. The van der Waals surface area contributed by atoms with Crippen LogP contribution < -0.4 is 10.6 Å². The summed E-state index contributed by atoms with van der Waals surface area (Å²) in [6.07, 6.45) is 0. The van der Waals surface area contributed by atoms with Gasteiger partial charge in [0.1, 0.15) is 5.84 Å². The molecular formula is C13H16ClN5S. The van der Waals surface area contributed by atoms with Crippen LogP contribution in [0.3, 0.4) is 0 Å². The predicted molar refractivity (Wildman–Crippen MR) is 84.0 cm³/mol. The molecule has 0 saturated heterocycles. The number of thiophene rings is 1. The van der Waals surface area contributed by atoms with Crippen molar-refractivity contribution in [1.82, 2.24) is 10.2 Å². The van der Waals surface area contributed by atoms with Crippen LogP contribution in [0.1, 0.15) is 21.7 Å². The maximum atomic E-state index is 7.76. The maximum absolute atomic E-state index is 7.76. The van der Waals surface area contributed by atoms with E-state index in [9.17, 15) is 0 Å². The molecule has 0 radical (unpaired) electrons. The number of halogens is 1. The van der Waals surface area contributed by atoms with Crippen molar-refractivity contribution in [3.05, 3.63) is 38.2 Å². The van der Waals surface area contributed by atoms with Gasteiger partial charge in [0.05, 0.1) is 22.1 Å². The molecule has 2 aromatic heterocycles. The highest BCUT2D eigenvalue weighted by molar-refractivity contribution is 7.16. The van der Waals surface area contributed by atoms with Gasteiger partial charge in [-0.1, -0.05) is 11.6 Å². The lowest BCUT2D eigenvalue weighted by atomic mass is 10.1. The Morgan fingerprint density at radius 1 is 1.40 bits per heavy atom. The minimum atomic E-state index is 0.00608. The third-order valence-electron chi connectivity index (χ3n) is 3.09. The Balaban J connectivity index is 2.36. The molecule has 0 aliphatic rings. The maximum Gasteiger partial charge on any atom is 0.162 e. The molecule has 0 atom stereocenters. The molecule has 20 heavy (non-hydrogen) atoms. The van der Waals surface area contributed by atoms with E-state index in [0.29, 0.717) is 17.9 Å². The van der Waals surface area contributed by atoms with Crippen LogP contribution in [0.15, 0.2) is 12.1 Å². The second-order valence-electron chi connectivity index (χ2n) is 4.58. The van der Waals surface area contributed by atoms with Crippen molar-refractivity contribution in [1.29, 1.82) is 5.41 Å². The molecule has 2 rings (SSSR count). The van der Waals surface area contributed by atoms with Crippen molar-refractivity contribution >= 4 is 34.6 Å². The average Bonchev–Trinajstić information content (AvgIpc) is 2.77. The molecule has 0 spiro atoms. The number of nitrogens with one attached hydrogen (secondary N) is 1. The van der Waals surface area contributed by atoms with E-state index < -0.39 is 0 Å². The number of aryl methyl sites for hydroxylation is 1. The highest BCUT2D eigenvalue weighted by atomic mass is 35.5. The number of rotatable bonds is 4. The van der Waals surface area contributed by atoms with Crippen LogP contribution in [-0.4, -0.2) is 23.1 Å². The quantitative estimate of drug-likeness (QED) is 0.672. The fourth-order valence-corrected chi connectivity index (χ4v) is 3.07. The summed E-state index contributed by atoms with van der Waals surface area (Å²) >= 11 is 7.46. The molecule has 5 nitrogen and oxygen atoms in total. The van der Waals surface area contributed by atoms with Gasteiger partial charge in [-0.05, 0) is 31.5 Å². The molecule has 2 aromatic rings. The summed E-state index contributed by atoms with van der Waals surface area (Å²) in [6.45, 7) is 4.41. The number of aromatic nitrogens is 2. The van der Waals surface area contributed by atoms with Gasteiger partial charge < -0.3 is 10.6 Å². The zero-order chi connectivity index (χ0) is 14.9. The van der Waals surface area contributed by atoms with E-state index in [1.165, 1.54) is 11.3 Å². The molecule has 2 heterocycles. The number of hydrogen-bond donors (Lipinski definition) is 2. The Hall–Kier alpha value is -1.66. The molecule has 0 unspecified atom stereocenters. The second kappa shape index (κ2) is 5.76. The van der Waals surface area contributed by atoms with E-state index >= 15 is 0 Å². The van der Waals surface area contributed by atoms with Crippen LogP contribution in [0.4, 0.5) is 5.82 Å². The van der Waals surface area contributed by atoms with Gasteiger partial charge in [0.2, 0.25) is 0 Å². The first kappa shape index (κ1) is 14.7. The second-order valence-corrected chi connectivity index (χ2v) is 6.38. The van der Waals surface area contributed by atoms with Crippen molar-refractivity contribution in [3.8, 4) is 0 Å². The van der Waals surface area contributed by atoms with E-state index in [0.717, 1.165) is 20.5 Å². The SMILES string of the molecule is Cc1nnc(N(C)Cc2ccc(Cl)s2)c(C(=N)N)c1C. The number of nitrogens with zero attached hydrogens (tertiary/aromatic N) is 3. The molecule has 0 bridgehead atoms. The van der Waals surface area contributed by atoms with Crippen molar-refractivity contribution < 1.29 is 0 Å². The van der Waals surface area contributed by atoms with Crippen LogP contribution >= 0.6 is 22.9 Å². The van der Waals surface area contributed by atoms with E-state index in [1.54, 1.807) is 0 Å². The molecule has 106 valence electrons. The summed E-state index contributed by atoms with van der Waals surface area (Å²) in [4.78, 5) is 3.05. The third-order valence-corrected chi connectivity index (χ3v) is 4.30. The topological polar surface area (TPSA) is 78.9 Å².